The van der Waals surface area contributed by atoms with Gasteiger partial charge in [-0.15, -0.1) is 0 Å². The van der Waals surface area contributed by atoms with E-state index in [1.54, 1.807) is 24.3 Å². The van der Waals surface area contributed by atoms with E-state index in [1.807, 2.05) is 0 Å². The van der Waals surface area contributed by atoms with E-state index >= 15 is 0 Å². The Morgan fingerprint density at radius 2 is 2.05 bits per heavy atom. The van der Waals surface area contributed by atoms with E-state index in [0.29, 0.717) is 11.3 Å². The Labute approximate surface area is 121 Å². The van der Waals surface area contributed by atoms with Crippen LogP contribution in [-0.4, -0.2) is 15.1 Å². The summed E-state index contributed by atoms with van der Waals surface area (Å²) in [6.45, 7) is 1.70. The maximum atomic E-state index is 10.8. The Morgan fingerprint density at radius 3 is 2.67 bits per heavy atom. The number of phenols is 1. The first-order valence-corrected chi connectivity index (χ1v) is 6.34. The van der Waals surface area contributed by atoms with Gasteiger partial charge in [0.25, 0.3) is 5.69 Å². The van der Waals surface area contributed by atoms with Crippen LogP contribution in [0, 0.1) is 10.1 Å². The van der Waals surface area contributed by atoms with Gasteiger partial charge in [0.15, 0.2) is 0 Å². The van der Waals surface area contributed by atoms with Crippen molar-refractivity contribution in [3.8, 4) is 11.5 Å². The minimum atomic E-state index is -0.885. The molecule has 110 valence electrons. The molecule has 1 unspecified atom stereocenters. The number of rotatable bonds is 5. The lowest BCUT2D eigenvalue weighted by molar-refractivity contribution is -0.385. The van der Waals surface area contributed by atoms with Gasteiger partial charge in [0.1, 0.15) is 18.1 Å². The Kier molecular flexibility index (Phi) is 4.39. The van der Waals surface area contributed by atoms with Crippen molar-refractivity contribution in [3.63, 3.8) is 0 Å². The fraction of sp³-hybridized carbons (Fsp3) is 0.200. The molecule has 0 aliphatic heterocycles. The summed E-state index contributed by atoms with van der Waals surface area (Å²) in [6.07, 6.45) is -0.885. The monoisotopic (exact) mass is 289 g/mol. The lowest BCUT2D eigenvalue weighted by Gasteiger charge is -2.13. The summed E-state index contributed by atoms with van der Waals surface area (Å²) >= 11 is 0. The van der Waals surface area contributed by atoms with Crippen molar-refractivity contribution in [1.29, 1.82) is 0 Å². The number of non-ortho nitro benzene ring substituents is 1. The molecular weight excluding hydrogens is 274 g/mol. The molecule has 21 heavy (non-hydrogen) atoms. The highest BCUT2D eigenvalue weighted by molar-refractivity contribution is 5.45. The molecule has 2 rings (SSSR count). The predicted octanol–water partition coefficient (Wildman–Crippen LogP) is 2.93. The van der Waals surface area contributed by atoms with Crippen LogP contribution in [0.3, 0.4) is 0 Å². The average molecular weight is 289 g/mol. The molecule has 0 aliphatic rings. The molecule has 6 nitrogen and oxygen atoms in total. The van der Waals surface area contributed by atoms with Gasteiger partial charge in [-0.25, -0.2) is 0 Å². The van der Waals surface area contributed by atoms with Crippen molar-refractivity contribution in [2.45, 2.75) is 19.6 Å². The van der Waals surface area contributed by atoms with Crippen LogP contribution in [-0.2, 0) is 6.61 Å². The molecule has 0 aromatic heterocycles. The van der Waals surface area contributed by atoms with Gasteiger partial charge in [-0.3, -0.25) is 10.1 Å². The molecule has 0 fully saturated rings. The van der Waals surface area contributed by atoms with Gasteiger partial charge < -0.3 is 14.9 Å². The fourth-order valence-electron chi connectivity index (χ4n) is 1.91. The van der Waals surface area contributed by atoms with E-state index < -0.39 is 11.0 Å². The first-order chi connectivity index (χ1) is 9.97. The van der Waals surface area contributed by atoms with Crippen molar-refractivity contribution in [2.75, 3.05) is 0 Å². The number of nitro benzene ring substituents is 1. The zero-order chi connectivity index (χ0) is 15.4. The summed E-state index contributed by atoms with van der Waals surface area (Å²) < 4.78 is 5.58. The summed E-state index contributed by atoms with van der Waals surface area (Å²) in [7, 11) is 0. The van der Waals surface area contributed by atoms with E-state index in [9.17, 15) is 20.3 Å². The summed E-state index contributed by atoms with van der Waals surface area (Å²) in [5.41, 5.74) is 1.00. The predicted molar refractivity (Wildman–Crippen MR) is 76.2 cm³/mol. The molecule has 0 saturated carbocycles. The molecular formula is C15H15NO5. The Morgan fingerprint density at radius 1 is 1.29 bits per heavy atom. The summed E-state index contributed by atoms with van der Waals surface area (Å²) in [5.74, 6) is 0.509. The van der Waals surface area contributed by atoms with Crippen LogP contribution in [0.2, 0.25) is 0 Å². The number of aliphatic hydroxyl groups is 1. The highest BCUT2D eigenvalue weighted by Gasteiger charge is 2.15. The second kappa shape index (κ2) is 6.23. The van der Waals surface area contributed by atoms with Gasteiger partial charge in [0.2, 0.25) is 0 Å². The number of nitro groups is 1. The summed E-state index contributed by atoms with van der Waals surface area (Å²) in [5, 5.41) is 29.8. The van der Waals surface area contributed by atoms with Gasteiger partial charge in [-0.2, -0.15) is 0 Å². The van der Waals surface area contributed by atoms with Gasteiger partial charge in [-0.1, -0.05) is 12.1 Å². The number of ether oxygens (including phenoxy) is 1. The van der Waals surface area contributed by atoms with Crippen molar-refractivity contribution < 1.29 is 19.9 Å². The van der Waals surface area contributed by atoms with Crippen LogP contribution in [0.15, 0.2) is 42.5 Å². The number of phenolic OH excluding ortho intramolecular Hbond substituents is 1. The van der Waals surface area contributed by atoms with Crippen LogP contribution >= 0.6 is 0 Å². The molecule has 6 heteroatoms. The zero-order valence-corrected chi connectivity index (χ0v) is 11.4. The van der Waals surface area contributed by atoms with E-state index in [0.717, 1.165) is 5.56 Å². The summed E-state index contributed by atoms with van der Waals surface area (Å²) in [4.78, 5) is 10.2. The third kappa shape index (κ3) is 3.70. The van der Waals surface area contributed by atoms with Crippen LogP contribution in [0.25, 0.3) is 0 Å². The van der Waals surface area contributed by atoms with Crippen molar-refractivity contribution >= 4 is 5.69 Å². The third-order valence-electron chi connectivity index (χ3n) is 2.96. The molecule has 0 bridgehead atoms. The molecule has 1 atom stereocenters. The molecule has 2 aromatic rings. The summed E-state index contributed by atoms with van der Waals surface area (Å²) in [6, 6.07) is 10.7. The lowest BCUT2D eigenvalue weighted by atomic mass is 10.1. The average Bonchev–Trinajstić information content (AvgIpc) is 2.44. The maximum Gasteiger partial charge on any atom is 0.270 e. The Balaban J connectivity index is 2.21. The van der Waals surface area contributed by atoms with Crippen LogP contribution < -0.4 is 4.74 Å². The molecule has 0 amide bonds. The van der Waals surface area contributed by atoms with Crippen LogP contribution in [0.5, 0.6) is 11.5 Å². The largest absolute Gasteiger partial charge is 0.508 e. The highest BCUT2D eigenvalue weighted by atomic mass is 16.6. The maximum absolute atomic E-state index is 10.8. The van der Waals surface area contributed by atoms with Crippen LogP contribution in [0.4, 0.5) is 5.69 Å². The standard InChI is InChI=1S/C15H15NO5/c1-10(17)14-8-12(16(19)20)5-6-15(14)21-9-11-3-2-4-13(18)7-11/h2-8,10,17-18H,9H2,1H3. The molecule has 0 heterocycles. The van der Waals surface area contributed by atoms with E-state index in [2.05, 4.69) is 0 Å². The topological polar surface area (TPSA) is 92.8 Å². The molecule has 0 saturated heterocycles. The Hall–Kier alpha value is -2.60. The normalized spacial score (nSPS) is 11.9. The van der Waals surface area contributed by atoms with Crippen molar-refractivity contribution in [2.24, 2.45) is 0 Å². The number of benzene rings is 2. The quantitative estimate of drug-likeness (QED) is 0.652. The SMILES string of the molecule is CC(O)c1cc([N+](=O)[O-])ccc1OCc1cccc(O)c1. The molecule has 0 spiro atoms. The fourth-order valence-corrected chi connectivity index (χ4v) is 1.91. The number of hydrogen-bond acceptors (Lipinski definition) is 5. The molecule has 2 N–H and O–H groups in total. The van der Waals surface area contributed by atoms with Gasteiger partial charge in [0.05, 0.1) is 11.0 Å². The number of aromatic hydroxyl groups is 1. The van der Waals surface area contributed by atoms with E-state index in [1.165, 1.54) is 25.1 Å². The second-order valence-electron chi connectivity index (χ2n) is 4.61. The third-order valence-corrected chi connectivity index (χ3v) is 2.96. The number of aliphatic hydroxyl groups excluding tert-OH is 1. The first kappa shape index (κ1) is 14.8. The van der Waals surface area contributed by atoms with Gasteiger partial charge in [0, 0.05) is 17.7 Å². The minimum absolute atomic E-state index is 0.101. The zero-order valence-electron chi connectivity index (χ0n) is 11.4. The van der Waals surface area contributed by atoms with Crippen LogP contribution in [0.1, 0.15) is 24.2 Å². The first-order valence-electron chi connectivity index (χ1n) is 6.34. The number of hydrogen-bond donors (Lipinski definition) is 2. The molecule has 0 radical (unpaired) electrons. The molecule has 2 aromatic carbocycles. The van der Waals surface area contributed by atoms with Crippen molar-refractivity contribution in [3.05, 3.63) is 63.7 Å². The minimum Gasteiger partial charge on any atom is -0.508 e. The van der Waals surface area contributed by atoms with Gasteiger partial charge in [-0.05, 0) is 30.7 Å². The van der Waals surface area contributed by atoms with E-state index in [4.69, 9.17) is 4.74 Å². The smallest absolute Gasteiger partial charge is 0.270 e. The van der Waals surface area contributed by atoms with Crippen molar-refractivity contribution in [1.82, 2.24) is 0 Å². The van der Waals surface area contributed by atoms with E-state index in [-0.39, 0.29) is 18.0 Å². The second-order valence-corrected chi connectivity index (χ2v) is 4.61. The molecule has 0 aliphatic carbocycles. The lowest BCUT2D eigenvalue weighted by Crippen LogP contribution is -2.02. The number of nitrogens with zero attached hydrogens (tertiary/aromatic N) is 1. The van der Waals surface area contributed by atoms with Gasteiger partial charge >= 0.3 is 0 Å². The Bertz CT molecular complexity index is 654. The highest BCUT2D eigenvalue weighted by Crippen LogP contribution is 2.30.